The number of aliphatic carboxylic acids is 1. The van der Waals surface area contributed by atoms with Crippen molar-refractivity contribution in [3.8, 4) is 11.5 Å². The molecule has 282 valence electrons. The molecule has 9 nitrogen and oxygen atoms in total. The summed E-state index contributed by atoms with van der Waals surface area (Å²) in [7, 11) is 0. The van der Waals surface area contributed by atoms with Gasteiger partial charge in [-0.3, -0.25) is 19.4 Å². The average molecular weight is 756 g/mol. The normalized spacial score (nSPS) is 20.1. The summed E-state index contributed by atoms with van der Waals surface area (Å²) >= 11 is 0.390. The summed E-state index contributed by atoms with van der Waals surface area (Å²) in [4.78, 5) is 45.3. The summed E-state index contributed by atoms with van der Waals surface area (Å²) in [5, 5.41) is 10.1. The number of benzene rings is 1. The number of aromatic nitrogens is 1. The first-order valence-corrected chi connectivity index (χ1v) is 17.9. The lowest BCUT2D eigenvalue weighted by atomic mass is 9.79. The van der Waals surface area contributed by atoms with E-state index in [2.05, 4.69) is 4.98 Å². The zero-order valence-electron chi connectivity index (χ0n) is 28.3. The Balaban J connectivity index is 1.45. The molecule has 2 aromatic heterocycles. The number of hydrogen-bond donors (Lipinski definition) is 1. The van der Waals surface area contributed by atoms with E-state index >= 15 is 0 Å². The van der Waals surface area contributed by atoms with Crippen molar-refractivity contribution in [1.29, 1.82) is 0 Å². The molecule has 1 N–H and O–H groups in total. The molecule has 2 aliphatic rings. The summed E-state index contributed by atoms with van der Waals surface area (Å²) in [5.74, 6) is -2.19. The van der Waals surface area contributed by atoms with Crippen LogP contribution in [0.5, 0.6) is 11.5 Å². The second kappa shape index (κ2) is 16.1. The van der Waals surface area contributed by atoms with Crippen molar-refractivity contribution < 1.29 is 55.3 Å². The average Bonchev–Trinajstić information content (AvgIpc) is 3.59. The lowest BCUT2D eigenvalue weighted by Gasteiger charge is -2.50. The van der Waals surface area contributed by atoms with Gasteiger partial charge in [0.25, 0.3) is 11.8 Å². The van der Waals surface area contributed by atoms with Crippen LogP contribution >= 0.6 is 11.3 Å². The van der Waals surface area contributed by atoms with Gasteiger partial charge in [0, 0.05) is 50.1 Å². The minimum absolute atomic E-state index is 0.0127. The van der Waals surface area contributed by atoms with E-state index in [1.165, 1.54) is 4.90 Å². The molecule has 2 aliphatic heterocycles. The van der Waals surface area contributed by atoms with Gasteiger partial charge in [0.15, 0.2) is 0 Å². The second-order valence-corrected chi connectivity index (χ2v) is 13.8. The third-order valence-corrected chi connectivity index (χ3v) is 10.4. The van der Waals surface area contributed by atoms with E-state index in [1.807, 2.05) is 12.1 Å². The Bertz CT molecular complexity index is 1720. The molecule has 0 bridgehead atoms. The number of piperidine rings is 2. The fourth-order valence-corrected chi connectivity index (χ4v) is 7.77. The largest absolute Gasteiger partial charge is 0.493 e. The van der Waals surface area contributed by atoms with Gasteiger partial charge in [-0.25, -0.2) is 0 Å². The van der Waals surface area contributed by atoms with E-state index in [4.69, 9.17) is 14.6 Å². The molecular weight excluding hydrogens is 716 g/mol. The first kappa shape index (κ1) is 38.9. The standard InChI is InChI=1S/C36H39F6N3O6S/c1-2-8-28-34(51-24-21-29(52-22-24)36(40,41)42,15-7-17-45(28)32(48)31-26(35(37,38)39)10-5-16-43-31)33(49)44-18-13-23(14-19-44)25-9-3-4-11-27(25)50-20-6-12-30(46)47/h3-5,9-11,16,21-23,28H,2,6-8,12-15,17-20H2,1H3,(H,46,47). The first-order chi connectivity index (χ1) is 24.7. The number of nitrogens with zero attached hydrogens (tertiary/aromatic N) is 3. The fraction of sp³-hybridized carbons (Fsp3) is 0.500. The molecule has 2 fully saturated rings. The number of alkyl halides is 6. The molecule has 0 spiro atoms. The Hall–Kier alpha value is -4.34. The van der Waals surface area contributed by atoms with Gasteiger partial charge in [0.05, 0.1) is 18.2 Å². The highest BCUT2D eigenvalue weighted by Gasteiger charge is 2.56. The van der Waals surface area contributed by atoms with E-state index < -0.39 is 57.9 Å². The lowest BCUT2D eigenvalue weighted by molar-refractivity contribution is -0.160. The number of carboxylic acid groups (broad SMARTS) is 1. The smallest absolute Gasteiger partial charge is 0.425 e. The zero-order chi connectivity index (χ0) is 37.7. The Labute approximate surface area is 300 Å². The van der Waals surface area contributed by atoms with Crippen LogP contribution in [-0.4, -0.2) is 75.6 Å². The quantitative estimate of drug-likeness (QED) is 0.147. The molecule has 1 aromatic carbocycles. The highest BCUT2D eigenvalue weighted by Crippen LogP contribution is 2.43. The van der Waals surface area contributed by atoms with Crippen LogP contribution in [0.3, 0.4) is 0 Å². The Morgan fingerprint density at radius 3 is 2.40 bits per heavy atom. The Morgan fingerprint density at radius 2 is 1.75 bits per heavy atom. The van der Waals surface area contributed by atoms with Crippen LogP contribution in [0.1, 0.15) is 90.7 Å². The molecule has 4 heterocycles. The molecule has 2 amide bonds. The van der Waals surface area contributed by atoms with Gasteiger partial charge in [-0.2, -0.15) is 26.3 Å². The summed E-state index contributed by atoms with van der Waals surface area (Å²) in [5.41, 5.74) is -3.08. The fourth-order valence-electron chi connectivity index (χ4n) is 7.09. The van der Waals surface area contributed by atoms with Crippen LogP contribution in [-0.2, 0) is 21.9 Å². The van der Waals surface area contributed by atoms with Crippen molar-refractivity contribution in [2.75, 3.05) is 26.2 Å². The number of thiophene rings is 1. The summed E-state index contributed by atoms with van der Waals surface area (Å²) < 4.78 is 95.1. The summed E-state index contributed by atoms with van der Waals surface area (Å²) in [6, 6.07) is 8.84. The Morgan fingerprint density at radius 1 is 1.02 bits per heavy atom. The van der Waals surface area contributed by atoms with Crippen molar-refractivity contribution in [2.24, 2.45) is 0 Å². The van der Waals surface area contributed by atoms with Crippen molar-refractivity contribution in [1.82, 2.24) is 14.8 Å². The SMILES string of the molecule is CCCC1N(C(=O)c2ncccc2C(F)(F)F)CCCC1(Oc1csc(C(F)(F)F)c1)C(=O)N1CCC(c2ccccc2OCCCC(=O)O)CC1. The maximum absolute atomic E-state index is 14.8. The topological polar surface area (TPSA) is 109 Å². The van der Waals surface area contributed by atoms with E-state index in [9.17, 15) is 40.7 Å². The molecule has 0 saturated carbocycles. The lowest BCUT2D eigenvalue weighted by Crippen LogP contribution is -2.68. The Kier molecular flexibility index (Phi) is 12.1. The minimum Gasteiger partial charge on any atom is -0.493 e. The monoisotopic (exact) mass is 755 g/mol. The maximum Gasteiger partial charge on any atom is 0.425 e. The van der Waals surface area contributed by atoms with Crippen LogP contribution in [0, 0.1) is 0 Å². The van der Waals surface area contributed by atoms with E-state index in [0.717, 1.165) is 35.3 Å². The van der Waals surface area contributed by atoms with Crippen molar-refractivity contribution in [3.63, 3.8) is 0 Å². The molecule has 2 unspecified atom stereocenters. The molecule has 16 heteroatoms. The number of ether oxygens (including phenoxy) is 2. The molecule has 3 aromatic rings. The van der Waals surface area contributed by atoms with Crippen LogP contribution < -0.4 is 9.47 Å². The van der Waals surface area contributed by atoms with Gasteiger partial charge in [-0.15, -0.1) is 11.3 Å². The number of amides is 2. The number of carbonyl (C=O) groups is 3. The second-order valence-electron chi connectivity index (χ2n) is 12.9. The van der Waals surface area contributed by atoms with E-state index in [1.54, 1.807) is 24.0 Å². The third-order valence-electron chi connectivity index (χ3n) is 9.45. The molecule has 0 radical (unpaired) electrons. The number of carboxylic acids is 1. The number of hydrogen-bond acceptors (Lipinski definition) is 7. The van der Waals surface area contributed by atoms with Gasteiger partial charge in [0.1, 0.15) is 22.1 Å². The molecule has 2 atom stereocenters. The predicted octanol–water partition coefficient (Wildman–Crippen LogP) is 8.05. The number of para-hydroxylation sites is 1. The van der Waals surface area contributed by atoms with Gasteiger partial charge in [0.2, 0.25) is 5.60 Å². The molecule has 0 aliphatic carbocycles. The van der Waals surface area contributed by atoms with Crippen molar-refractivity contribution >= 4 is 29.1 Å². The first-order valence-electron chi connectivity index (χ1n) is 17.1. The van der Waals surface area contributed by atoms with E-state index in [-0.39, 0.29) is 63.6 Å². The van der Waals surface area contributed by atoms with Crippen LogP contribution in [0.2, 0.25) is 0 Å². The van der Waals surface area contributed by atoms with E-state index in [0.29, 0.717) is 42.8 Å². The van der Waals surface area contributed by atoms with Gasteiger partial charge in [-0.1, -0.05) is 31.5 Å². The minimum atomic E-state index is -4.89. The van der Waals surface area contributed by atoms with Crippen LogP contribution in [0.15, 0.2) is 54.0 Å². The molecular formula is C36H39F6N3O6S. The predicted molar refractivity (Wildman–Crippen MR) is 178 cm³/mol. The number of likely N-dealkylation sites (tertiary alicyclic amines) is 2. The van der Waals surface area contributed by atoms with Crippen molar-refractivity contribution in [3.05, 3.63) is 75.7 Å². The number of pyridine rings is 1. The van der Waals surface area contributed by atoms with Crippen molar-refractivity contribution in [2.45, 2.75) is 88.2 Å². The van der Waals surface area contributed by atoms with Gasteiger partial charge < -0.3 is 24.4 Å². The maximum atomic E-state index is 14.8. The van der Waals surface area contributed by atoms with Crippen LogP contribution in [0.4, 0.5) is 26.3 Å². The number of carbonyl (C=O) groups excluding carboxylic acids is 2. The highest BCUT2D eigenvalue weighted by atomic mass is 32.1. The summed E-state index contributed by atoms with van der Waals surface area (Å²) in [6.07, 6.45) is -6.60. The molecule has 5 rings (SSSR count). The third kappa shape index (κ3) is 8.64. The zero-order valence-corrected chi connectivity index (χ0v) is 29.2. The van der Waals surface area contributed by atoms with Gasteiger partial charge in [-0.05, 0) is 61.8 Å². The molecule has 52 heavy (non-hydrogen) atoms. The highest BCUT2D eigenvalue weighted by molar-refractivity contribution is 7.10. The van der Waals surface area contributed by atoms with Crippen LogP contribution in [0.25, 0.3) is 0 Å². The summed E-state index contributed by atoms with van der Waals surface area (Å²) in [6.45, 7) is 2.41. The van der Waals surface area contributed by atoms with Gasteiger partial charge >= 0.3 is 18.3 Å². The number of halogens is 6. The number of rotatable bonds is 12. The molecule has 2 saturated heterocycles.